The molecule has 4 nitrogen and oxygen atoms in total. The Morgan fingerprint density at radius 1 is 1.38 bits per heavy atom. The van der Waals surface area contributed by atoms with Gasteiger partial charge in [0.15, 0.2) is 0 Å². The van der Waals surface area contributed by atoms with E-state index in [2.05, 4.69) is 0 Å². The van der Waals surface area contributed by atoms with Crippen molar-refractivity contribution in [1.29, 1.82) is 0 Å². The summed E-state index contributed by atoms with van der Waals surface area (Å²) in [4.78, 5) is 24.0. The summed E-state index contributed by atoms with van der Waals surface area (Å²) in [6, 6.07) is 0. The molecule has 0 bridgehead atoms. The Kier molecular flexibility index (Phi) is 3.28. The van der Waals surface area contributed by atoms with Gasteiger partial charge in [-0.2, -0.15) is 0 Å². The molecule has 1 unspecified atom stereocenters. The second-order valence-electron chi connectivity index (χ2n) is 3.60. The third-order valence-electron chi connectivity index (χ3n) is 2.43. The van der Waals surface area contributed by atoms with Crippen LogP contribution >= 0.6 is 0 Å². The average Bonchev–Trinajstić information content (AvgIpc) is 2.55. The van der Waals surface area contributed by atoms with Crippen molar-refractivity contribution >= 4 is 11.8 Å². The lowest BCUT2D eigenvalue weighted by atomic mass is 10.1. The van der Waals surface area contributed by atoms with Gasteiger partial charge in [0.1, 0.15) is 0 Å². The molecule has 2 N–H and O–H groups in total. The molecule has 0 aromatic carbocycles. The quantitative estimate of drug-likeness (QED) is 0.677. The van der Waals surface area contributed by atoms with Crippen molar-refractivity contribution in [1.82, 2.24) is 4.90 Å². The van der Waals surface area contributed by atoms with Gasteiger partial charge >= 0.3 is 0 Å². The number of hydrogen-bond donors (Lipinski definition) is 1. The topological polar surface area (TPSA) is 63.4 Å². The van der Waals surface area contributed by atoms with Gasteiger partial charge in [0.05, 0.1) is 0 Å². The van der Waals surface area contributed by atoms with Crippen molar-refractivity contribution in [3.05, 3.63) is 0 Å². The lowest BCUT2D eigenvalue weighted by Crippen LogP contribution is -2.32. The maximum Gasteiger partial charge on any atom is 0.223 e. The summed E-state index contributed by atoms with van der Waals surface area (Å²) in [6.07, 6.45) is 2.42. The average molecular weight is 184 g/mol. The summed E-state index contributed by atoms with van der Waals surface area (Å²) in [7, 11) is 0. The molecule has 0 aliphatic carbocycles. The number of nitrogens with two attached hydrogens (primary N) is 1. The minimum absolute atomic E-state index is 0.0591. The molecule has 0 aromatic rings. The number of carbonyl (C=O) groups is 2. The minimum Gasteiger partial charge on any atom is -0.369 e. The highest BCUT2D eigenvalue weighted by atomic mass is 16.2. The first-order valence-corrected chi connectivity index (χ1v) is 4.68. The van der Waals surface area contributed by atoms with E-state index in [1.165, 1.54) is 0 Å². The summed E-state index contributed by atoms with van der Waals surface area (Å²) in [5.74, 6) is -0.676. The van der Waals surface area contributed by atoms with Gasteiger partial charge in [-0.05, 0) is 12.8 Å². The summed E-state index contributed by atoms with van der Waals surface area (Å²) in [5, 5.41) is 0. The van der Waals surface area contributed by atoms with Crippen LogP contribution in [-0.2, 0) is 9.59 Å². The molecule has 1 rings (SSSR count). The standard InChI is InChI=1S/C9H16N2O2/c1-7(9(10)13)6-8(12)11-4-2-3-5-11/h7H,2-6H2,1H3,(H2,10,13). The Bertz CT molecular complexity index is 210. The Morgan fingerprint density at radius 2 is 1.92 bits per heavy atom. The van der Waals surface area contributed by atoms with Crippen LogP contribution < -0.4 is 5.73 Å². The Morgan fingerprint density at radius 3 is 2.38 bits per heavy atom. The van der Waals surface area contributed by atoms with E-state index in [-0.39, 0.29) is 18.2 Å². The molecule has 0 aromatic heterocycles. The SMILES string of the molecule is CC(CC(=O)N1CCCC1)C(N)=O. The largest absolute Gasteiger partial charge is 0.369 e. The maximum atomic E-state index is 11.5. The smallest absolute Gasteiger partial charge is 0.223 e. The van der Waals surface area contributed by atoms with E-state index in [9.17, 15) is 9.59 Å². The van der Waals surface area contributed by atoms with E-state index in [1.807, 2.05) is 0 Å². The Labute approximate surface area is 78.1 Å². The number of rotatable bonds is 3. The first-order valence-electron chi connectivity index (χ1n) is 4.68. The zero-order chi connectivity index (χ0) is 9.84. The fraction of sp³-hybridized carbons (Fsp3) is 0.778. The van der Waals surface area contributed by atoms with Gasteiger partial charge in [0, 0.05) is 25.4 Å². The van der Waals surface area contributed by atoms with Crippen LogP contribution in [0.5, 0.6) is 0 Å². The second-order valence-corrected chi connectivity index (χ2v) is 3.60. The highest BCUT2D eigenvalue weighted by Gasteiger charge is 2.21. The third-order valence-corrected chi connectivity index (χ3v) is 2.43. The number of hydrogen-bond acceptors (Lipinski definition) is 2. The van der Waals surface area contributed by atoms with Gasteiger partial charge in [0.25, 0.3) is 0 Å². The predicted octanol–water partition coefficient (Wildman–Crippen LogP) is 0.120. The molecule has 0 radical (unpaired) electrons. The van der Waals surface area contributed by atoms with Gasteiger partial charge in [-0.3, -0.25) is 9.59 Å². The van der Waals surface area contributed by atoms with Crippen LogP contribution in [0.2, 0.25) is 0 Å². The molecule has 0 saturated carbocycles. The fourth-order valence-electron chi connectivity index (χ4n) is 1.46. The van der Waals surface area contributed by atoms with Crippen molar-refractivity contribution in [2.24, 2.45) is 11.7 Å². The normalized spacial score (nSPS) is 18.7. The molecule has 2 amide bonds. The fourth-order valence-corrected chi connectivity index (χ4v) is 1.46. The zero-order valence-corrected chi connectivity index (χ0v) is 7.95. The summed E-state index contributed by atoms with van der Waals surface area (Å²) < 4.78 is 0. The number of carbonyl (C=O) groups excluding carboxylic acids is 2. The van der Waals surface area contributed by atoms with Crippen LogP contribution in [-0.4, -0.2) is 29.8 Å². The number of nitrogens with zero attached hydrogens (tertiary/aromatic N) is 1. The van der Waals surface area contributed by atoms with E-state index < -0.39 is 5.91 Å². The lowest BCUT2D eigenvalue weighted by molar-refractivity contribution is -0.134. The molecule has 1 fully saturated rings. The molecular formula is C9H16N2O2. The molecule has 1 atom stereocenters. The molecule has 4 heteroatoms. The number of primary amides is 1. The third kappa shape index (κ3) is 2.72. The van der Waals surface area contributed by atoms with Crippen molar-refractivity contribution in [3.63, 3.8) is 0 Å². The van der Waals surface area contributed by atoms with Crippen molar-refractivity contribution < 1.29 is 9.59 Å². The van der Waals surface area contributed by atoms with Gasteiger partial charge in [-0.15, -0.1) is 0 Å². The van der Waals surface area contributed by atoms with Crippen LogP contribution in [0.1, 0.15) is 26.2 Å². The molecular weight excluding hydrogens is 168 g/mol. The van der Waals surface area contributed by atoms with Crippen molar-refractivity contribution in [3.8, 4) is 0 Å². The van der Waals surface area contributed by atoms with E-state index in [0.29, 0.717) is 0 Å². The second kappa shape index (κ2) is 4.25. The minimum atomic E-state index is -0.396. The summed E-state index contributed by atoms with van der Waals surface area (Å²) in [5.41, 5.74) is 5.07. The van der Waals surface area contributed by atoms with Crippen molar-refractivity contribution in [2.75, 3.05) is 13.1 Å². The van der Waals surface area contributed by atoms with Gasteiger partial charge in [0.2, 0.25) is 11.8 Å². The molecule has 1 saturated heterocycles. The summed E-state index contributed by atoms with van der Waals surface area (Å²) in [6.45, 7) is 3.37. The molecule has 13 heavy (non-hydrogen) atoms. The van der Waals surface area contributed by atoms with Crippen LogP contribution in [0.3, 0.4) is 0 Å². The number of amides is 2. The molecule has 1 aliphatic heterocycles. The number of likely N-dealkylation sites (tertiary alicyclic amines) is 1. The monoisotopic (exact) mass is 184 g/mol. The van der Waals surface area contributed by atoms with E-state index in [1.54, 1.807) is 11.8 Å². The van der Waals surface area contributed by atoms with E-state index >= 15 is 0 Å². The maximum absolute atomic E-state index is 11.5. The summed E-state index contributed by atoms with van der Waals surface area (Å²) >= 11 is 0. The van der Waals surface area contributed by atoms with Gasteiger partial charge in [-0.1, -0.05) is 6.92 Å². The molecule has 1 heterocycles. The highest BCUT2D eigenvalue weighted by molar-refractivity contribution is 5.84. The first kappa shape index (κ1) is 10.0. The first-order chi connectivity index (χ1) is 6.11. The van der Waals surface area contributed by atoms with E-state index in [0.717, 1.165) is 25.9 Å². The highest BCUT2D eigenvalue weighted by Crippen LogP contribution is 2.11. The van der Waals surface area contributed by atoms with Crippen LogP contribution in [0.25, 0.3) is 0 Å². The Hall–Kier alpha value is -1.06. The van der Waals surface area contributed by atoms with E-state index in [4.69, 9.17) is 5.73 Å². The lowest BCUT2D eigenvalue weighted by Gasteiger charge is -2.16. The van der Waals surface area contributed by atoms with Crippen LogP contribution in [0.4, 0.5) is 0 Å². The Balaban J connectivity index is 2.35. The zero-order valence-electron chi connectivity index (χ0n) is 7.95. The van der Waals surface area contributed by atoms with Crippen molar-refractivity contribution in [2.45, 2.75) is 26.2 Å². The van der Waals surface area contributed by atoms with Gasteiger partial charge < -0.3 is 10.6 Å². The molecule has 74 valence electrons. The molecule has 0 spiro atoms. The molecule has 1 aliphatic rings. The van der Waals surface area contributed by atoms with Crippen LogP contribution in [0, 0.1) is 5.92 Å². The predicted molar refractivity (Wildman–Crippen MR) is 48.8 cm³/mol. The van der Waals surface area contributed by atoms with Gasteiger partial charge in [-0.25, -0.2) is 0 Å². The van der Waals surface area contributed by atoms with Crippen LogP contribution in [0.15, 0.2) is 0 Å².